The Hall–Kier alpha value is -2.60. The van der Waals surface area contributed by atoms with Gasteiger partial charge in [0.2, 0.25) is 0 Å². The molecule has 2 rings (SSSR count). The average Bonchev–Trinajstić information content (AvgIpc) is 2.45. The normalized spacial score (nSPS) is 10.1. The van der Waals surface area contributed by atoms with Crippen molar-refractivity contribution in [3.63, 3.8) is 0 Å². The van der Waals surface area contributed by atoms with Crippen molar-refractivity contribution >= 4 is 23.2 Å². The van der Waals surface area contributed by atoms with Crippen molar-refractivity contribution in [2.75, 3.05) is 0 Å². The van der Waals surface area contributed by atoms with Gasteiger partial charge in [-0.05, 0) is 12.1 Å². The second-order valence-corrected chi connectivity index (χ2v) is 4.61. The van der Waals surface area contributed by atoms with E-state index in [9.17, 15) is 20.0 Å². The summed E-state index contributed by atoms with van der Waals surface area (Å²) in [6.45, 7) is 0.0356. The highest BCUT2D eigenvalue weighted by molar-refractivity contribution is 6.34. The van der Waals surface area contributed by atoms with Gasteiger partial charge in [0, 0.05) is 18.2 Å². The minimum atomic E-state index is -0.671. The molecule has 0 aliphatic rings. The summed E-state index contributed by atoms with van der Waals surface area (Å²) in [5.41, 5.74) is -0.0579. The highest BCUT2D eigenvalue weighted by Gasteiger charge is 2.23. The Kier molecular flexibility index (Phi) is 4.39. The minimum Gasteiger partial charge on any atom is -0.508 e. The first-order valence-corrected chi connectivity index (χ1v) is 6.36. The lowest BCUT2D eigenvalue weighted by Crippen LogP contribution is -2.24. The van der Waals surface area contributed by atoms with E-state index in [4.69, 9.17) is 11.6 Å². The third-order valence-electron chi connectivity index (χ3n) is 2.85. The van der Waals surface area contributed by atoms with Crippen LogP contribution in [0.3, 0.4) is 0 Å². The molecule has 21 heavy (non-hydrogen) atoms. The number of nitrogens with zero attached hydrogens (tertiary/aromatic N) is 1. The largest absolute Gasteiger partial charge is 0.508 e. The van der Waals surface area contributed by atoms with Crippen LogP contribution in [0.15, 0.2) is 42.5 Å². The van der Waals surface area contributed by atoms with Crippen molar-refractivity contribution in [3.05, 3.63) is 68.7 Å². The molecule has 0 unspecified atom stereocenters. The maximum Gasteiger partial charge on any atom is 0.283 e. The van der Waals surface area contributed by atoms with Crippen LogP contribution in [0.2, 0.25) is 5.02 Å². The molecule has 0 aliphatic heterocycles. The van der Waals surface area contributed by atoms with Crippen LogP contribution in [0.1, 0.15) is 15.9 Å². The lowest BCUT2D eigenvalue weighted by molar-refractivity contribution is -0.385. The molecule has 6 nitrogen and oxygen atoms in total. The van der Waals surface area contributed by atoms with Crippen LogP contribution in [-0.4, -0.2) is 15.9 Å². The van der Waals surface area contributed by atoms with Crippen molar-refractivity contribution in [3.8, 4) is 5.75 Å². The Labute approximate surface area is 125 Å². The molecule has 0 aliphatic carbocycles. The van der Waals surface area contributed by atoms with Crippen LogP contribution < -0.4 is 5.32 Å². The molecule has 0 bridgehead atoms. The maximum atomic E-state index is 12.1. The molecular weight excluding hydrogens is 296 g/mol. The zero-order valence-electron chi connectivity index (χ0n) is 10.7. The van der Waals surface area contributed by atoms with Crippen LogP contribution >= 0.6 is 11.6 Å². The zero-order chi connectivity index (χ0) is 15.4. The van der Waals surface area contributed by atoms with E-state index < -0.39 is 10.8 Å². The number of amides is 1. The molecule has 0 saturated heterocycles. The van der Waals surface area contributed by atoms with E-state index in [2.05, 4.69) is 5.32 Å². The Morgan fingerprint density at radius 3 is 2.62 bits per heavy atom. The third-order valence-corrected chi connectivity index (χ3v) is 3.16. The fourth-order valence-corrected chi connectivity index (χ4v) is 2.07. The van der Waals surface area contributed by atoms with E-state index in [0.29, 0.717) is 5.56 Å². The summed E-state index contributed by atoms with van der Waals surface area (Å²) in [4.78, 5) is 22.4. The molecule has 108 valence electrons. The van der Waals surface area contributed by atoms with E-state index in [0.717, 1.165) is 0 Å². The van der Waals surface area contributed by atoms with Crippen molar-refractivity contribution in [1.82, 2.24) is 5.32 Å². The summed E-state index contributed by atoms with van der Waals surface area (Å²) in [5.74, 6) is -0.637. The molecule has 0 radical (unpaired) electrons. The van der Waals surface area contributed by atoms with Gasteiger partial charge in [-0.15, -0.1) is 0 Å². The third kappa shape index (κ3) is 3.29. The number of nitro benzene ring substituents is 1. The number of para-hydroxylation sites is 1. The van der Waals surface area contributed by atoms with E-state index >= 15 is 0 Å². The fraction of sp³-hybridized carbons (Fsp3) is 0.0714. The summed E-state index contributed by atoms with van der Waals surface area (Å²) >= 11 is 5.87. The molecule has 0 spiro atoms. The molecule has 2 N–H and O–H groups in total. The number of carbonyl (C=O) groups excluding carboxylic acids is 1. The van der Waals surface area contributed by atoms with E-state index in [1.165, 1.54) is 24.3 Å². The van der Waals surface area contributed by atoms with Crippen LogP contribution in [0, 0.1) is 10.1 Å². The Morgan fingerprint density at radius 2 is 1.95 bits per heavy atom. The van der Waals surface area contributed by atoms with E-state index in [1.54, 1.807) is 18.2 Å². The molecule has 0 saturated carbocycles. The van der Waals surface area contributed by atoms with Gasteiger partial charge < -0.3 is 10.4 Å². The molecular formula is C14H11ClN2O4. The molecule has 2 aromatic carbocycles. The molecule has 0 aromatic heterocycles. The summed E-state index contributed by atoms with van der Waals surface area (Å²) in [7, 11) is 0. The van der Waals surface area contributed by atoms with Gasteiger partial charge in [0.15, 0.2) is 0 Å². The smallest absolute Gasteiger partial charge is 0.283 e. The number of halogens is 1. The Morgan fingerprint density at radius 1 is 1.24 bits per heavy atom. The standard InChI is InChI=1S/C14H11ClN2O4/c15-10-5-3-6-11(17(20)21)13(10)14(19)16-8-9-4-1-2-7-12(9)18/h1-7,18H,8H2,(H,16,19). The molecule has 1 amide bonds. The van der Waals surface area contributed by atoms with Crippen LogP contribution in [0.25, 0.3) is 0 Å². The fourth-order valence-electron chi connectivity index (χ4n) is 1.81. The predicted octanol–water partition coefficient (Wildman–Crippen LogP) is 2.88. The summed E-state index contributed by atoms with van der Waals surface area (Å²) in [6, 6.07) is 10.5. The number of phenols is 1. The number of benzene rings is 2. The maximum absolute atomic E-state index is 12.1. The highest BCUT2D eigenvalue weighted by atomic mass is 35.5. The quantitative estimate of drug-likeness (QED) is 0.671. The lowest BCUT2D eigenvalue weighted by atomic mass is 10.1. The van der Waals surface area contributed by atoms with Crippen molar-refractivity contribution in [2.24, 2.45) is 0 Å². The van der Waals surface area contributed by atoms with Crippen molar-refractivity contribution in [2.45, 2.75) is 6.54 Å². The van der Waals surface area contributed by atoms with Gasteiger partial charge in [-0.1, -0.05) is 35.9 Å². The number of phenolic OH excluding ortho intramolecular Hbond substituents is 1. The summed E-state index contributed by atoms with van der Waals surface area (Å²) in [6.07, 6.45) is 0. The van der Waals surface area contributed by atoms with Gasteiger partial charge in [0.25, 0.3) is 11.6 Å². The number of aromatic hydroxyl groups is 1. The van der Waals surface area contributed by atoms with Gasteiger partial charge in [-0.2, -0.15) is 0 Å². The molecule has 0 fully saturated rings. The number of rotatable bonds is 4. The predicted molar refractivity (Wildman–Crippen MR) is 77.4 cm³/mol. The zero-order valence-corrected chi connectivity index (χ0v) is 11.5. The van der Waals surface area contributed by atoms with Gasteiger partial charge in [0.05, 0.1) is 9.95 Å². The molecule has 0 atom stereocenters. The van der Waals surface area contributed by atoms with Gasteiger partial charge in [0.1, 0.15) is 11.3 Å². The highest BCUT2D eigenvalue weighted by Crippen LogP contribution is 2.26. The lowest BCUT2D eigenvalue weighted by Gasteiger charge is -2.08. The minimum absolute atomic E-state index is 0.000941. The van der Waals surface area contributed by atoms with Crippen LogP contribution in [0.5, 0.6) is 5.75 Å². The number of hydrogen-bond acceptors (Lipinski definition) is 4. The summed E-state index contributed by atoms with van der Waals surface area (Å²) < 4.78 is 0. The molecule has 7 heteroatoms. The Bertz CT molecular complexity index is 703. The topological polar surface area (TPSA) is 92.5 Å². The first kappa shape index (κ1) is 14.8. The molecule has 0 heterocycles. The van der Waals surface area contributed by atoms with Gasteiger partial charge >= 0.3 is 0 Å². The van der Waals surface area contributed by atoms with Crippen molar-refractivity contribution in [1.29, 1.82) is 0 Å². The Balaban J connectivity index is 2.22. The first-order chi connectivity index (χ1) is 10.0. The number of nitro groups is 1. The van der Waals surface area contributed by atoms with E-state index in [1.807, 2.05) is 0 Å². The number of nitrogens with one attached hydrogen (secondary N) is 1. The summed E-state index contributed by atoms with van der Waals surface area (Å²) in [5, 5.41) is 23.0. The van der Waals surface area contributed by atoms with E-state index in [-0.39, 0.29) is 28.6 Å². The second kappa shape index (κ2) is 6.23. The first-order valence-electron chi connectivity index (χ1n) is 5.98. The monoisotopic (exact) mass is 306 g/mol. The van der Waals surface area contributed by atoms with Crippen LogP contribution in [0.4, 0.5) is 5.69 Å². The molecule has 2 aromatic rings. The van der Waals surface area contributed by atoms with Gasteiger partial charge in [-0.25, -0.2) is 0 Å². The SMILES string of the molecule is O=C(NCc1ccccc1O)c1c(Cl)cccc1[N+](=O)[O-]. The van der Waals surface area contributed by atoms with Gasteiger partial charge in [-0.3, -0.25) is 14.9 Å². The van der Waals surface area contributed by atoms with Crippen molar-refractivity contribution < 1.29 is 14.8 Å². The van der Waals surface area contributed by atoms with Crippen LogP contribution in [-0.2, 0) is 6.54 Å². The second-order valence-electron chi connectivity index (χ2n) is 4.20. The average molecular weight is 307 g/mol. The number of hydrogen-bond donors (Lipinski definition) is 2. The number of carbonyl (C=O) groups is 1.